The maximum Gasteiger partial charge on any atom is 0.255 e. The maximum absolute atomic E-state index is 12.4. The zero-order valence-electron chi connectivity index (χ0n) is 13.1. The van der Waals surface area contributed by atoms with E-state index in [4.69, 9.17) is 0 Å². The van der Waals surface area contributed by atoms with Gasteiger partial charge < -0.3 is 5.32 Å². The number of nitrogens with zero attached hydrogens (tertiary/aromatic N) is 2. The number of rotatable bonds is 6. The number of carbonyl (C=O) groups is 1. The second kappa shape index (κ2) is 7.34. The summed E-state index contributed by atoms with van der Waals surface area (Å²) in [5.74, 6) is -0.272. The second-order valence-electron chi connectivity index (χ2n) is 4.80. The van der Waals surface area contributed by atoms with E-state index in [-0.39, 0.29) is 10.8 Å². The summed E-state index contributed by atoms with van der Waals surface area (Å²) in [6.45, 7) is 4.42. The Balaban J connectivity index is 2.15. The van der Waals surface area contributed by atoms with E-state index in [9.17, 15) is 13.2 Å². The van der Waals surface area contributed by atoms with Crippen molar-refractivity contribution in [1.29, 1.82) is 0 Å². The van der Waals surface area contributed by atoms with Crippen LogP contribution in [0.2, 0.25) is 0 Å². The summed E-state index contributed by atoms with van der Waals surface area (Å²) in [7, 11) is -3.49. The van der Waals surface area contributed by atoms with E-state index in [2.05, 4.69) is 10.3 Å². The highest BCUT2D eigenvalue weighted by atomic mass is 32.2. The van der Waals surface area contributed by atoms with Gasteiger partial charge in [-0.15, -0.1) is 0 Å². The minimum Gasteiger partial charge on any atom is -0.322 e. The van der Waals surface area contributed by atoms with Gasteiger partial charge >= 0.3 is 0 Å². The molecule has 0 saturated carbocycles. The molecule has 1 aromatic carbocycles. The quantitative estimate of drug-likeness (QED) is 0.880. The van der Waals surface area contributed by atoms with Crippen molar-refractivity contribution in [3.8, 4) is 0 Å². The minimum atomic E-state index is -3.49. The summed E-state index contributed by atoms with van der Waals surface area (Å²) in [6.07, 6.45) is 3.07. The Morgan fingerprint density at radius 3 is 2.13 bits per heavy atom. The zero-order valence-corrected chi connectivity index (χ0v) is 13.9. The normalized spacial score (nSPS) is 11.4. The third-order valence-electron chi connectivity index (χ3n) is 3.40. The van der Waals surface area contributed by atoms with Gasteiger partial charge in [-0.3, -0.25) is 9.78 Å². The topological polar surface area (TPSA) is 79.4 Å². The molecule has 0 saturated heterocycles. The molecule has 0 unspecified atom stereocenters. The molecule has 1 heterocycles. The second-order valence-corrected chi connectivity index (χ2v) is 6.74. The van der Waals surface area contributed by atoms with Crippen molar-refractivity contribution < 1.29 is 13.2 Å². The lowest BCUT2D eigenvalue weighted by Gasteiger charge is -2.18. The Hall–Kier alpha value is -2.25. The van der Waals surface area contributed by atoms with Crippen molar-refractivity contribution in [3.05, 3.63) is 54.4 Å². The van der Waals surface area contributed by atoms with Crippen LogP contribution in [0.4, 0.5) is 5.69 Å². The van der Waals surface area contributed by atoms with Crippen LogP contribution in [0.5, 0.6) is 0 Å². The van der Waals surface area contributed by atoms with Crippen LogP contribution in [0.1, 0.15) is 24.2 Å². The first kappa shape index (κ1) is 17.1. The number of hydrogen-bond donors (Lipinski definition) is 1. The fraction of sp³-hybridized carbons (Fsp3) is 0.250. The lowest BCUT2D eigenvalue weighted by Crippen LogP contribution is -2.30. The first-order valence-corrected chi connectivity index (χ1v) is 8.74. The average molecular weight is 333 g/mol. The van der Waals surface area contributed by atoms with Crippen molar-refractivity contribution in [2.45, 2.75) is 18.7 Å². The molecule has 2 rings (SSSR count). The Morgan fingerprint density at radius 2 is 1.61 bits per heavy atom. The van der Waals surface area contributed by atoms with E-state index in [1.165, 1.54) is 28.8 Å². The van der Waals surface area contributed by atoms with E-state index >= 15 is 0 Å². The van der Waals surface area contributed by atoms with E-state index in [0.717, 1.165) is 0 Å². The number of sulfonamides is 1. The molecule has 7 heteroatoms. The van der Waals surface area contributed by atoms with Gasteiger partial charge in [0.25, 0.3) is 5.91 Å². The maximum atomic E-state index is 12.4. The Kier molecular flexibility index (Phi) is 5.46. The third kappa shape index (κ3) is 3.94. The molecule has 23 heavy (non-hydrogen) atoms. The number of carbonyl (C=O) groups excluding carboxylic acids is 1. The molecular weight excluding hydrogens is 314 g/mol. The van der Waals surface area contributed by atoms with Crippen LogP contribution in [-0.4, -0.2) is 36.7 Å². The van der Waals surface area contributed by atoms with Gasteiger partial charge in [0.2, 0.25) is 10.0 Å². The molecule has 1 amide bonds. The first-order chi connectivity index (χ1) is 11.0. The van der Waals surface area contributed by atoms with Crippen LogP contribution < -0.4 is 5.32 Å². The smallest absolute Gasteiger partial charge is 0.255 e. The van der Waals surface area contributed by atoms with Gasteiger partial charge in [0, 0.05) is 36.7 Å². The van der Waals surface area contributed by atoms with Gasteiger partial charge in [-0.05, 0) is 36.4 Å². The molecule has 0 atom stereocenters. The number of pyridine rings is 1. The predicted octanol–water partition coefficient (Wildman–Crippen LogP) is 2.36. The molecule has 0 aliphatic rings. The molecule has 0 spiro atoms. The Labute approximate surface area is 136 Å². The summed E-state index contributed by atoms with van der Waals surface area (Å²) in [5.41, 5.74) is 1.02. The van der Waals surface area contributed by atoms with Gasteiger partial charge in [-0.1, -0.05) is 13.8 Å². The Bertz CT molecular complexity index is 755. The van der Waals surface area contributed by atoms with Crippen molar-refractivity contribution in [2.24, 2.45) is 0 Å². The molecular formula is C16H19N3O3S. The highest BCUT2D eigenvalue weighted by molar-refractivity contribution is 7.89. The summed E-state index contributed by atoms with van der Waals surface area (Å²) >= 11 is 0. The SMILES string of the molecule is CCN(CC)S(=O)(=O)c1ccc(NC(=O)c2ccncc2)cc1. The number of aromatic nitrogens is 1. The Morgan fingerprint density at radius 1 is 1.04 bits per heavy atom. The van der Waals surface area contributed by atoms with E-state index < -0.39 is 10.0 Å². The highest BCUT2D eigenvalue weighted by Crippen LogP contribution is 2.18. The minimum absolute atomic E-state index is 0.211. The molecule has 0 aliphatic heterocycles. The lowest BCUT2D eigenvalue weighted by molar-refractivity contribution is 0.102. The number of benzene rings is 1. The van der Waals surface area contributed by atoms with Crippen molar-refractivity contribution in [1.82, 2.24) is 9.29 Å². The summed E-state index contributed by atoms with van der Waals surface area (Å²) in [6, 6.07) is 9.36. The number of nitrogens with one attached hydrogen (secondary N) is 1. The monoisotopic (exact) mass is 333 g/mol. The molecule has 0 fully saturated rings. The van der Waals surface area contributed by atoms with Crippen LogP contribution >= 0.6 is 0 Å². The van der Waals surface area contributed by atoms with Gasteiger partial charge in [-0.2, -0.15) is 4.31 Å². The summed E-state index contributed by atoms with van der Waals surface area (Å²) in [5, 5.41) is 2.72. The van der Waals surface area contributed by atoms with Crippen molar-refractivity contribution >= 4 is 21.6 Å². The molecule has 2 aromatic rings. The van der Waals surface area contributed by atoms with E-state index in [1.807, 2.05) is 0 Å². The van der Waals surface area contributed by atoms with Crippen LogP contribution in [0.25, 0.3) is 0 Å². The zero-order chi connectivity index (χ0) is 16.9. The lowest BCUT2D eigenvalue weighted by atomic mass is 10.2. The third-order valence-corrected chi connectivity index (χ3v) is 5.46. The summed E-state index contributed by atoms with van der Waals surface area (Å²) in [4.78, 5) is 16.1. The molecule has 1 N–H and O–H groups in total. The average Bonchev–Trinajstić information content (AvgIpc) is 2.57. The van der Waals surface area contributed by atoms with Gasteiger partial charge in [0.1, 0.15) is 0 Å². The number of anilines is 1. The number of amides is 1. The van der Waals surface area contributed by atoms with E-state index in [0.29, 0.717) is 24.3 Å². The van der Waals surface area contributed by atoms with Gasteiger partial charge in [-0.25, -0.2) is 8.42 Å². The van der Waals surface area contributed by atoms with Crippen LogP contribution in [-0.2, 0) is 10.0 Å². The van der Waals surface area contributed by atoms with Crippen molar-refractivity contribution in [3.63, 3.8) is 0 Å². The van der Waals surface area contributed by atoms with Gasteiger partial charge in [0.05, 0.1) is 4.90 Å². The predicted molar refractivity (Wildman–Crippen MR) is 88.7 cm³/mol. The molecule has 122 valence electrons. The molecule has 0 radical (unpaired) electrons. The molecule has 0 bridgehead atoms. The number of hydrogen-bond acceptors (Lipinski definition) is 4. The molecule has 0 aliphatic carbocycles. The summed E-state index contributed by atoms with van der Waals surface area (Å²) < 4.78 is 26.1. The van der Waals surface area contributed by atoms with Crippen LogP contribution in [0, 0.1) is 0 Å². The molecule has 1 aromatic heterocycles. The van der Waals surface area contributed by atoms with Crippen molar-refractivity contribution in [2.75, 3.05) is 18.4 Å². The molecule has 6 nitrogen and oxygen atoms in total. The van der Waals surface area contributed by atoms with Crippen LogP contribution in [0.15, 0.2) is 53.7 Å². The van der Waals surface area contributed by atoms with E-state index in [1.54, 1.807) is 38.1 Å². The fourth-order valence-corrected chi connectivity index (χ4v) is 3.59. The first-order valence-electron chi connectivity index (χ1n) is 7.30. The highest BCUT2D eigenvalue weighted by Gasteiger charge is 2.21. The standard InChI is InChI=1S/C16H19N3O3S/c1-3-19(4-2)23(21,22)15-7-5-14(6-8-15)18-16(20)13-9-11-17-12-10-13/h5-12H,3-4H2,1-2H3,(H,18,20). The van der Waals surface area contributed by atoms with Gasteiger partial charge in [0.15, 0.2) is 0 Å². The van der Waals surface area contributed by atoms with Crippen LogP contribution in [0.3, 0.4) is 0 Å². The fourth-order valence-electron chi connectivity index (χ4n) is 2.13. The largest absolute Gasteiger partial charge is 0.322 e.